The minimum absolute atomic E-state index is 0.160. The fourth-order valence-electron chi connectivity index (χ4n) is 6.34. The molecule has 3 N–H and O–H groups in total. The van der Waals surface area contributed by atoms with E-state index in [1.807, 2.05) is 4.90 Å². The molecule has 44 heavy (non-hydrogen) atoms. The number of amides is 4. The van der Waals surface area contributed by atoms with Crippen LogP contribution >= 0.6 is 0 Å². The van der Waals surface area contributed by atoms with Crippen LogP contribution in [0.15, 0.2) is 82.9 Å². The maximum absolute atomic E-state index is 15.2. The lowest BCUT2D eigenvalue weighted by Crippen LogP contribution is -2.51. The van der Waals surface area contributed by atoms with Crippen molar-refractivity contribution >= 4 is 41.1 Å². The van der Waals surface area contributed by atoms with Gasteiger partial charge < -0.3 is 20.7 Å². The number of aliphatic imine (C=N–C) groups is 1. The second kappa shape index (κ2) is 12.7. The van der Waals surface area contributed by atoms with Crippen LogP contribution in [0.4, 0.5) is 20.6 Å². The van der Waals surface area contributed by atoms with Crippen LogP contribution in [-0.2, 0) is 9.59 Å². The first-order chi connectivity index (χ1) is 21.4. The van der Waals surface area contributed by atoms with Crippen LogP contribution < -0.4 is 15.5 Å². The molecule has 1 saturated carbocycles. The van der Waals surface area contributed by atoms with Crippen molar-refractivity contribution in [3.8, 4) is 0 Å². The number of benzodiazepines with no additional fused rings is 1. The molecule has 1 aliphatic carbocycles. The van der Waals surface area contributed by atoms with Gasteiger partial charge in [-0.2, -0.15) is 0 Å². The Morgan fingerprint density at radius 1 is 0.955 bits per heavy atom. The number of hydrogen-bond acceptors (Lipinski definition) is 6. The first-order valence-corrected chi connectivity index (χ1v) is 14.8. The highest BCUT2D eigenvalue weighted by atomic mass is 19.1. The smallest absolute Gasteiger partial charge is 0.321 e. The van der Waals surface area contributed by atoms with Crippen molar-refractivity contribution in [2.45, 2.75) is 31.8 Å². The van der Waals surface area contributed by atoms with Crippen molar-refractivity contribution in [1.82, 2.24) is 10.2 Å². The molecule has 0 unspecified atom stereocenters. The van der Waals surface area contributed by atoms with Gasteiger partial charge in [0.25, 0.3) is 5.91 Å². The van der Waals surface area contributed by atoms with Gasteiger partial charge in [0.15, 0.2) is 0 Å². The third-order valence-corrected chi connectivity index (χ3v) is 8.53. The van der Waals surface area contributed by atoms with Crippen LogP contribution in [0.3, 0.4) is 0 Å². The average Bonchev–Trinajstić information content (AvgIpc) is 3.41. The molecule has 4 amide bonds. The summed E-state index contributed by atoms with van der Waals surface area (Å²) in [6.07, 6.45) is 4.18. The van der Waals surface area contributed by atoms with Crippen molar-refractivity contribution in [2.24, 2.45) is 22.0 Å². The second-order valence-corrected chi connectivity index (χ2v) is 11.5. The Balaban J connectivity index is 1.34. The number of hydrogen-bond donors (Lipinski definition) is 3. The van der Waals surface area contributed by atoms with Gasteiger partial charge in [-0.15, -0.1) is 0 Å². The third kappa shape index (κ3) is 6.17. The number of carbonyl (C=O) groups excluding carboxylic acids is 3. The number of fused-ring (bicyclic) bond motifs is 5. The second-order valence-electron chi connectivity index (χ2n) is 11.5. The summed E-state index contributed by atoms with van der Waals surface area (Å²) >= 11 is 0. The number of anilines is 2. The number of benzene rings is 3. The minimum Gasteiger partial charge on any atom is -0.411 e. The van der Waals surface area contributed by atoms with Crippen LogP contribution in [0.2, 0.25) is 0 Å². The van der Waals surface area contributed by atoms with E-state index in [1.165, 1.54) is 17.2 Å². The van der Waals surface area contributed by atoms with Gasteiger partial charge in [0, 0.05) is 29.9 Å². The molecule has 0 spiro atoms. The number of halogens is 1. The summed E-state index contributed by atoms with van der Waals surface area (Å²) in [6, 6.07) is 18.9. The fraction of sp³-hybridized carbons (Fsp3) is 0.303. The van der Waals surface area contributed by atoms with Crippen molar-refractivity contribution in [3.63, 3.8) is 0 Å². The zero-order chi connectivity index (χ0) is 30.6. The number of urea groups is 1. The molecule has 3 aliphatic heterocycles. The summed E-state index contributed by atoms with van der Waals surface area (Å²) in [6.45, 7) is 1.10. The van der Waals surface area contributed by atoms with E-state index in [0.29, 0.717) is 47.4 Å². The van der Waals surface area contributed by atoms with Gasteiger partial charge in [-0.05, 0) is 73.4 Å². The highest BCUT2D eigenvalue weighted by Crippen LogP contribution is 2.34. The molecule has 226 valence electrons. The Labute approximate surface area is 254 Å². The molecule has 10 nitrogen and oxygen atoms in total. The molecule has 3 aromatic rings. The minimum atomic E-state index is -1.47. The fourth-order valence-corrected chi connectivity index (χ4v) is 6.34. The molecule has 0 aromatic heterocycles. The zero-order valence-corrected chi connectivity index (χ0v) is 24.0. The van der Waals surface area contributed by atoms with Crippen molar-refractivity contribution < 1.29 is 24.0 Å². The molecule has 4 aliphatic rings. The summed E-state index contributed by atoms with van der Waals surface area (Å²) in [4.78, 5) is 49.0. The zero-order valence-electron chi connectivity index (χ0n) is 24.0. The van der Waals surface area contributed by atoms with E-state index in [2.05, 4.69) is 20.8 Å². The van der Waals surface area contributed by atoms with E-state index in [0.717, 1.165) is 25.7 Å². The molecule has 7 rings (SSSR count). The van der Waals surface area contributed by atoms with Crippen LogP contribution in [0.1, 0.15) is 42.4 Å². The Hall–Kier alpha value is -5.06. The molecule has 3 aromatic carbocycles. The summed E-state index contributed by atoms with van der Waals surface area (Å²) in [7, 11) is 0. The summed E-state index contributed by atoms with van der Waals surface area (Å²) in [5.74, 6) is -0.413. The number of nitrogens with one attached hydrogen (secondary N) is 2. The van der Waals surface area contributed by atoms with Gasteiger partial charge >= 0.3 is 6.03 Å². The number of nitrogens with zero attached hydrogens (tertiary/aromatic N) is 4. The van der Waals surface area contributed by atoms with Gasteiger partial charge in [-0.25, -0.2) is 14.2 Å². The van der Waals surface area contributed by atoms with Crippen LogP contribution in [0, 0.1) is 17.7 Å². The molecule has 3 heterocycles. The van der Waals surface area contributed by atoms with Gasteiger partial charge in [0.05, 0.1) is 17.6 Å². The average molecular weight is 597 g/mol. The molecular weight excluding hydrogens is 563 g/mol. The molecule has 2 bridgehead atoms. The van der Waals surface area contributed by atoms with Gasteiger partial charge in [0.1, 0.15) is 12.4 Å². The van der Waals surface area contributed by atoms with E-state index in [1.54, 1.807) is 66.7 Å². The molecule has 3 fully saturated rings. The van der Waals surface area contributed by atoms with Gasteiger partial charge in [0.2, 0.25) is 12.1 Å². The lowest BCUT2D eigenvalue weighted by atomic mass is 9.84. The van der Waals surface area contributed by atoms with E-state index >= 15 is 4.39 Å². The van der Waals surface area contributed by atoms with Crippen molar-refractivity contribution in [2.75, 3.05) is 29.9 Å². The largest absolute Gasteiger partial charge is 0.411 e. The highest BCUT2D eigenvalue weighted by molar-refractivity contribution is 6.21. The van der Waals surface area contributed by atoms with Crippen LogP contribution in [0.25, 0.3) is 0 Å². The lowest BCUT2D eigenvalue weighted by molar-refractivity contribution is -0.132. The van der Waals surface area contributed by atoms with E-state index in [9.17, 15) is 14.4 Å². The summed E-state index contributed by atoms with van der Waals surface area (Å²) in [5.41, 5.74) is 2.14. The predicted octanol–water partition coefficient (Wildman–Crippen LogP) is 4.61. The first kappa shape index (κ1) is 29.0. The molecule has 0 radical (unpaired) electrons. The topological polar surface area (TPSA) is 127 Å². The standard InChI is InChI=1S/C33H33FN6O4/c34-27-10-3-1-8-25(27)30-26-9-2-4-11-28(26)40(20-29(41)39-18-21-12-13-22(19-39)15-14-21)32(42)31(37-30)38-33(43)36-24-7-5-6-23(16-24)17-35-44/h1-11,16-17,21-22,31,44H,12-15,18-20H2,(H2,36,38,43)/t21?,22?,31-/m0/s1. The van der Waals surface area contributed by atoms with Crippen molar-refractivity contribution in [1.29, 1.82) is 0 Å². The quantitative estimate of drug-likeness (QED) is 0.218. The van der Waals surface area contributed by atoms with Crippen LogP contribution in [0.5, 0.6) is 0 Å². The molecule has 1 atom stereocenters. The molecule has 2 saturated heterocycles. The third-order valence-electron chi connectivity index (χ3n) is 8.53. The summed E-state index contributed by atoms with van der Waals surface area (Å²) < 4.78 is 15.2. The number of oxime groups is 1. The number of rotatable bonds is 6. The Morgan fingerprint density at radius 2 is 1.64 bits per heavy atom. The van der Waals surface area contributed by atoms with Gasteiger partial charge in [-0.3, -0.25) is 14.5 Å². The maximum Gasteiger partial charge on any atom is 0.321 e. The Bertz CT molecular complexity index is 1620. The summed E-state index contributed by atoms with van der Waals surface area (Å²) in [5, 5.41) is 17.1. The van der Waals surface area contributed by atoms with E-state index < -0.39 is 23.9 Å². The van der Waals surface area contributed by atoms with E-state index in [4.69, 9.17) is 5.21 Å². The van der Waals surface area contributed by atoms with Crippen molar-refractivity contribution in [3.05, 3.63) is 95.3 Å². The van der Waals surface area contributed by atoms with E-state index in [-0.39, 0.29) is 23.7 Å². The highest BCUT2D eigenvalue weighted by Gasteiger charge is 2.37. The van der Waals surface area contributed by atoms with Crippen LogP contribution in [-0.4, -0.2) is 65.7 Å². The Kier molecular flexibility index (Phi) is 8.36. The SMILES string of the molecule is O=C(Nc1cccc(C=NO)c1)N[C@@H]1N=C(c2ccccc2F)c2ccccc2N(CC(=O)N2CC3CCC(CC3)C2)C1=O. The normalized spacial score (nSPS) is 21.3. The maximum atomic E-state index is 15.2. The lowest BCUT2D eigenvalue weighted by Gasteiger charge is -2.29. The molecule has 11 heteroatoms. The molecular formula is C33H33FN6O4. The first-order valence-electron chi connectivity index (χ1n) is 14.8. The monoisotopic (exact) mass is 596 g/mol. The predicted molar refractivity (Wildman–Crippen MR) is 165 cm³/mol. The Morgan fingerprint density at radius 3 is 2.34 bits per heavy atom. The number of para-hydroxylation sites is 1. The number of carbonyl (C=O) groups is 3. The van der Waals surface area contributed by atoms with Gasteiger partial charge in [-0.1, -0.05) is 47.6 Å².